The Bertz CT molecular complexity index is 603. The monoisotopic (exact) mass is 330 g/mol. The Morgan fingerprint density at radius 3 is 2.45 bits per heavy atom. The molecule has 7 nitrogen and oxygen atoms in total. The fourth-order valence-electron chi connectivity index (χ4n) is 2.37. The van der Waals surface area contributed by atoms with E-state index in [2.05, 4.69) is 0 Å². The zero-order valence-corrected chi connectivity index (χ0v) is 13.3. The van der Waals surface area contributed by atoms with Crippen molar-refractivity contribution in [2.75, 3.05) is 13.2 Å². The van der Waals surface area contributed by atoms with Crippen LogP contribution in [0.5, 0.6) is 11.5 Å². The van der Waals surface area contributed by atoms with Gasteiger partial charge in [-0.1, -0.05) is 0 Å². The van der Waals surface area contributed by atoms with Crippen molar-refractivity contribution < 1.29 is 33.1 Å². The van der Waals surface area contributed by atoms with Crippen molar-refractivity contribution in [3.8, 4) is 11.5 Å². The molecule has 1 aliphatic rings. The number of hydrogen-bond acceptors (Lipinski definition) is 7. The highest BCUT2D eigenvalue weighted by Crippen LogP contribution is 2.50. The molecule has 8 heteroatoms. The summed E-state index contributed by atoms with van der Waals surface area (Å²) in [5.41, 5.74) is 0.610. The van der Waals surface area contributed by atoms with Crippen LogP contribution in [0, 0.1) is 0 Å². The summed E-state index contributed by atoms with van der Waals surface area (Å²) in [5, 5.41) is 19.7. The van der Waals surface area contributed by atoms with Crippen LogP contribution in [0.15, 0.2) is 12.1 Å². The minimum atomic E-state index is -3.79. The highest BCUT2D eigenvalue weighted by Gasteiger charge is 2.31. The molecule has 2 N–H and O–H groups in total. The molecular formula is C14H19O7P. The van der Waals surface area contributed by atoms with Crippen molar-refractivity contribution in [1.29, 1.82) is 0 Å². The van der Waals surface area contributed by atoms with Gasteiger partial charge in [-0.2, -0.15) is 0 Å². The predicted molar refractivity (Wildman–Crippen MR) is 78.3 cm³/mol. The molecule has 0 bridgehead atoms. The number of Topliss-reactive ketones (excluding diaryl/α,β-unsaturated/α-hetero) is 1. The van der Waals surface area contributed by atoms with Gasteiger partial charge in [0, 0.05) is 12.5 Å². The minimum absolute atomic E-state index is 0.0306. The van der Waals surface area contributed by atoms with Gasteiger partial charge in [-0.05, 0) is 31.9 Å². The maximum absolute atomic E-state index is 12.3. The standard InChI is InChI=1S/C14H19O7P/c1-3-19-22(18,20-4-2)21-11-6-9-5-10(15)7-12(16)14(9)13(17)8-11/h6,8,10,15,17H,3-5,7H2,1-2H3/t10-/m1/s1. The van der Waals surface area contributed by atoms with E-state index in [4.69, 9.17) is 13.6 Å². The summed E-state index contributed by atoms with van der Waals surface area (Å²) in [4.78, 5) is 11.9. The summed E-state index contributed by atoms with van der Waals surface area (Å²) in [6, 6.07) is 2.65. The van der Waals surface area contributed by atoms with Crippen LogP contribution in [0.1, 0.15) is 36.2 Å². The molecule has 2 rings (SSSR count). The van der Waals surface area contributed by atoms with Crippen molar-refractivity contribution >= 4 is 13.6 Å². The van der Waals surface area contributed by atoms with E-state index in [0.29, 0.717) is 5.56 Å². The molecule has 1 aromatic carbocycles. The maximum atomic E-state index is 12.3. The first kappa shape index (κ1) is 17.0. The Kier molecular flexibility index (Phi) is 5.24. The zero-order valence-electron chi connectivity index (χ0n) is 12.4. The summed E-state index contributed by atoms with van der Waals surface area (Å²) in [7, 11) is -3.79. The predicted octanol–water partition coefficient (Wildman–Crippen LogP) is 2.44. The number of rotatable bonds is 6. The van der Waals surface area contributed by atoms with E-state index < -0.39 is 13.9 Å². The van der Waals surface area contributed by atoms with E-state index in [-0.39, 0.29) is 48.9 Å². The Morgan fingerprint density at radius 1 is 1.23 bits per heavy atom. The zero-order chi connectivity index (χ0) is 16.3. The molecule has 0 heterocycles. The van der Waals surface area contributed by atoms with Gasteiger partial charge in [0.15, 0.2) is 5.78 Å². The highest BCUT2D eigenvalue weighted by atomic mass is 31.2. The number of aromatic hydroxyl groups is 1. The molecule has 0 spiro atoms. The van der Waals surface area contributed by atoms with E-state index in [9.17, 15) is 19.6 Å². The lowest BCUT2D eigenvalue weighted by molar-refractivity contribution is 0.0850. The minimum Gasteiger partial charge on any atom is -0.507 e. The fraction of sp³-hybridized carbons (Fsp3) is 0.500. The third-order valence-electron chi connectivity index (χ3n) is 3.12. The molecule has 0 radical (unpaired) electrons. The SMILES string of the molecule is CCOP(=O)(OCC)Oc1cc(O)c2c(c1)C[C@@H](O)CC2=O. The van der Waals surface area contributed by atoms with Gasteiger partial charge in [-0.3, -0.25) is 13.8 Å². The van der Waals surface area contributed by atoms with E-state index in [0.717, 1.165) is 0 Å². The molecule has 0 saturated heterocycles. The van der Waals surface area contributed by atoms with E-state index in [1.165, 1.54) is 12.1 Å². The number of benzene rings is 1. The topological polar surface area (TPSA) is 102 Å². The molecule has 0 saturated carbocycles. The lowest BCUT2D eigenvalue weighted by Crippen LogP contribution is -2.24. The van der Waals surface area contributed by atoms with Gasteiger partial charge >= 0.3 is 7.82 Å². The number of phosphoric ester groups is 1. The van der Waals surface area contributed by atoms with Crippen molar-refractivity contribution in [1.82, 2.24) is 0 Å². The number of carbonyl (C=O) groups is 1. The van der Waals surface area contributed by atoms with Crippen molar-refractivity contribution in [3.05, 3.63) is 23.3 Å². The molecule has 0 fully saturated rings. The number of phosphoric acid groups is 1. The number of carbonyl (C=O) groups excluding carboxylic acids is 1. The van der Waals surface area contributed by atoms with Crippen LogP contribution in [-0.2, 0) is 20.0 Å². The van der Waals surface area contributed by atoms with Crippen LogP contribution in [0.25, 0.3) is 0 Å². The Hall–Kier alpha value is -1.40. The Labute approximate surface area is 128 Å². The van der Waals surface area contributed by atoms with E-state index in [1.807, 2.05) is 0 Å². The largest absolute Gasteiger partial charge is 0.530 e. The molecule has 122 valence electrons. The Morgan fingerprint density at radius 2 is 1.86 bits per heavy atom. The second kappa shape index (κ2) is 6.79. The smallest absolute Gasteiger partial charge is 0.507 e. The molecule has 1 aromatic rings. The molecule has 1 aliphatic carbocycles. The number of aliphatic hydroxyl groups excluding tert-OH is 1. The fourth-order valence-corrected chi connectivity index (χ4v) is 3.55. The normalized spacial score (nSPS) is 18.1. The summed E-state index contributed by atoms with van der Waals surface area (Å²) in [6.07, 6.45) is -0.628. The summed E-state index contributed by atoms with van der Waals surface area (Å²) < 4.78 is 27.6. The van der Waals surface area contributed by atoms with Crippen LogP contribution < -0.4 is 4.52 Å². The van der Waals surface area contributed by atoms with Crippen molar-refractivity contribution in [2.24, 2.45) is 0 Å². The lowest BCUT2D eigenvalue weighted by Gasteiger charge is -2.22. The van der Waals surface area contributed by atoms with Crippen molar-refractivity contribution in [3.63, 3.8) is 0 Å². The summed E-state index contributed by atoms with van der Waals surface area (Å²) in [5.74, 6) is -0.553. The third-order valence-corrected chi connectivity index (χ3v) is 4.70. The summed E-state index contributed by atoms with van der Waals surface area (Å²) in [6.45, 7) is 3.56. The lowest BCUT2D eigenvalue weighted by atomic mass is 9.88. The van der Waals surface area contributed by atoms with Crippen LogP contribution in [0.2, 0.25) is 0 Å². The van der Waals surface area contributed by atoms with Crippen LogP contribution in [-0.4, -0.2) is 35.3 Å². The Balaban J connectivity index is 2.33. The number of hydrogen-bond donors (Lipinski definition) is 2. The molecule has 0 aliphatic heterocycles. The van der Waals surface area contributed by atoms with Crippen LogP contribution in [0.3, 0.4) is 0 Å². The van der Waals surface area contributed by atoms with Crippen molar-refractivity contribution in [2.45, 2.75) is 32.8 Å². The maximum Gasteiger partial charge on any atom is 0.530 e. The van der Waals surface area contributed by atoms with Crippen LogP contribution >= 0.6 is 7.82 Å². The molecule has 22 heavy (non-hydrogen) atoms. The van der Waals surface area contributed by atoms with Crippen LogP contribution in [0.4, 0.5) is 0 Å². The van der Waals surface area contributed by atoms with Gasteiger partial charge < -0.3 is 14.7 Å². The van der Waals surface area contributed by atoms with Gasteiger partial charge in [-0.25, -0.2) is 4.57 Å². The molecule has 1 atom stereocenters. The molecule has 0 unspecified atom stereocenters. The average Bonchev–Trinajstić information content (AvgIpc) is 2.37. The number of aliphatic hydroxyl groups is 1. The second-order valence-electron chi connectivity index (χ2n) is 4.84. The second-order valence-corrected chi connectivity index (χ2v) is 6.43. The van der Waals surface area contributed by atoms with E-state index >= 15 is 0 Å². The molecule has 0 aromatic heterocycles. The average molecular weight is 330 g/mol. The van der Waals surface area contributed by atoms with Gasteiger partial charge in [0.05, 0.1) is 24.9 Å². The molecular weight excluding hydrogens is 311 g/mol. The number of phenols is 1. The quantitative estimate of drug-likeness (QED) is 0.772. The van der Waals surface area contributed by atoms with Gasteiger partial charge in [0.1, 0.15) is 11.5 Å². The number of ketones is 1. The summed E-state index contributed by atoms with van der Waals surface area (Å²) >= 11 is 0. The van der Waals surface area contributed by atoms with Gasteiger partial charge in [-0.15, -0.1) is 0 Å². The number of fused-ring (bicyclic) bond motifs is 1. The molecule has 0 amide bonds. The first-order valence-electron chi connectivity index (χ1n) is 7.04. The van der Waals surface area contributed by atoms with Gasteiger partial charge in [0.25, 0.3) is 0 Å². The first-order valence-corrected chi connectivity index (χ1v) is 8.50. The third kappa shape index (κ3) is 3.67. The van der Waals surface area contributed by atoms with Gasteiger partial charge in [0.2, 0.25) is 0 Å². The number of phenolic OH excluding ortho intramolecular Hbond substituents is 1. The van der Waals surface area contributed by atoms with E-state index in [1.54, 1.807) is 13.8 Å². The first-order chi connectivity index (χ1) is 10.4. The highest BCUT2D eigenvalue weighted by molar-refractivity contribution is 7.48.